The van der Waals surface area contributed by atoms with E-state index in [0.29, 0.717) is 18.2 Å². The van der Waals surface area contributed by atoms with Gasteiger partial charge in [-0.3, -0.25) is 0 Å². The van der Waals surface area contributed by atoms with E-state index >= 15 is 0 Å². The molecule has 1 aromatic heterocycles. The fourth-order valence-corrected chi connectivity index (χ4v) is 2.74. The van der Waals surface area contributed by atoms with E-state index in [9.17, 15) is 13.2 Å². The van der Waals surface area contributed by atoms with Gasteiger partial charge in [-0.2, -0.15) is 18.2 Å². The largest absolute Gasteiger partial charge is 0.418 e. The molecule has 1 heterocycles. The third-order valence-electron chi connectivity index (χ3n) is 3.70. The van der Waals surface area contributed by atoms with Gasteiger partial charge in [0.25, 0.3) is 0 Å². The molecule has 140 valence electrons. The summed E-state index contributed by atoms with van der Waals surface area (Å²) < 4.78 is 40.0. The van der Waals surface area contributed by atoms with Crippen molar-refractivity contribution in [3.05, 3.63) is 65.2 Å². The molecule has 0 aliphatic heterocycles. The lowest BCUT2D eigenvalue weighted by atomic mass is 10.1. The fourth-order valence-electron chi connectivity index (χ4n) is 2.52. The highest BCUT2D eigenvalue weighted by Gasteiger charge is 2.34. The van der Waals surface area contributed by atoms with Gasteiger partial charge in [0.15, 0.2) is 0 Å². The third kappa shape index (κ3) is 4.49. The number of benzene rings is 2. The van der Waals surface area contributed by atoms with Gasteiger partial charge >= 0.3 is 6.18 Å². The molecule has 2 N–H and O–H groups in total. The average Bonchev–Trinajstić information content (AvgIpc) is 2.63. The molecule has 0 saturated heterocycles. The number of nitrogens with zero attached hydrogens (tertiary/aromatic N) is 2. The first-order chi connectivity index (χ1) is 12.9. The molecule has 0 radical (unpaired) electrons. The monoisotopic (exact) mass is 392 g/mol. The van der Waals surface area contributed by atoms with Crippen molar-refractivity contribution in [2.45, 2.75) is 13.1 Å². The van der Waals surface area contributed by atoms with E-state index in [1.54, 1.807) is 6.07 Å². The Hall–Kier alpha value is -2.80. The average molecular weight is 393 g/mol. The Morgan fingerprint density at radius 2 is 1.74 bits per heavy atom. The molecule has 0 fully saturated rings. The van der Waals surface area contributed by atoms with E-state index in [-0.39, 0.29) is 16.5 Å². The molecule has 0 spiro atoms. The lowest BCUT2D eigenvalue weighted by molar-refractivity contribution is -0.136. The van der Waals surface area contributed by atoms with E-state index in [1.807, 2.05) is 37.3 Å². The van der Waals surface area contributed by atoms with Crippen LogP contribution in [-0.2, 0) is 6.18 Å². The number of hydrogen-bond acceptors (Lipinski definition) is 4. The number of hydrogen-bond donors (Lipinski definition) is 2. The third-order valence-corrected chi connectivity index (χ3v) is 4.02. The molecular formula is C19H16ClF3N4. The van der Waals surface area contributed by atoms with Crippen LogP contribution < -0.4 is 10.6 Å². The number of para-hydroxylation sites is 1. The van der Waals surface area contributed by atoms with Gasteiger partial charge in [0, 0.05) is 18.2 Å². The van der Waals surface area contributed by atoms with Gasteiger partial charge < -0.3 is 10.6 Å². The van der Waals surface area contributed by atoms with Gasteiger partial charge in [-0.25, -0.2) is 4.98 Å². The second-order valence-electron chi connectivity index (χ2n) is 5.64. The molecule has 0 aliphatic rings. The minimum absolute atomic E-state index is 0.0466. The van der Waals surface area contributed by atoms with Crippen LogP contribution in [0.2, 0.25) is 5.02 Å². The van der Waals surface area contributed by atoms with Crippen molar-refractivity contribution in [3.63, 3.8) is 0 Å². The van der Waals surface area contributed by atoms with Gasteiger partial charge in [0.05, 0.1) is 22.0 Å². The van der Waals surface area contributed by atoms with Crippen LogP contribution in [0.5, 0.6) is 0 Å². The molecular weight excluding hydrogens is 377 g/mol. The Morgan fingerprint density at radius 3 is 2.41 bits per heavy atom. The van der Waals surface area contributed by atoms with E-state index in [4.69, 9.17) is 11.6 Å². The van der Waals surface area contributed by atoms with Gasteiger partial charge in [0.2, 0.25) is 5.95 Å². The van der Waals surface area contributed by atoms with Crippen molar-refractivity contribution < 1.29 is 13.2 Å². The van der Waals surface area contributed by atoms with Crippen molar-refractivity contribution >= 4 is 29.1 Å². The first kappa shape index (κ1) is 19.0. The molecule has 8 heteroatoms. The van der Waals surface area contributed by atoms with Crippen LogP contribution in [0, 0.1) is 0 Å². The lowest BCUT2D eigenvalue weighted by Gasteiger charge is -2.16. The minimum atomic E-state index is -4.55. The number of rotatable bonds is 5. The summed E-state index contributed by atoms with van der Waals surface area (Å²) in [6.07, 6.45) is -4.55. The topological polar surface area (TPSA) is 49.8 Å². The highest BCUT2D eigenvalue weighted by Crippen LogP contribution is 2.40. The number of halogens is 4. The maximum atomic E-state index is 13.3. The summed E-state index contributed by atoms with van der Waals surface area (Å²) in [5.74, 6) is 0.514. The lowest BCUT2D eigenvalue weighted by Crippen LogP contribution is -2.10. The minimum Gasteiger partial charge on any atom is -0.354 e. The Balaban J connectivity index is 2.07. The number of alkyl halides is 3. The molecule has 3 aromatic rings. The van der Waals surface area contributed by atoms with Crippen LogP contribution in [0.4, 0.5) is 30.6 Å². The SMILES string of the molecule is CCNc1nc(Nc2c(Cl)cccc2C(F)(F)F)cc(-c2ccccc2)n1. The Labute approximate surface area is 159 Å². The molecule has 2 aromatic carbocycles. The highest BCUT2D eigenvalue weighted by molar-refractivity contribution is 6.33. The van der Waals surface area contributed by atoms with Crippen LogP contribution in [-0.4, -0.2) is 16.5 Å². The van der Waals surface area contributed by atoms with Gasteiger partial charge in [-0.15, -0.1) is 0 Å². The molecule has 4 nitrogen and oxygen atoms in total. The number of anilines is 3. The van der Waals surface area contributed by atoms with Gasteiger partial charge in [-0.05, 0) is 19.1 Å². The number of nitrogens with one attached hydrogen (secondary N) is 2. The van der Waals surface area contributed by atoms with Crippen molar-refractivity contribution in [1.29, 1.82) is 0 Å². The second kappa shape index (κ2) is 7.84. The standard InChI is InChI=1S/C19H16ClF3N4/c1-2-24-18-25-15(12-7-4-3-5-8-12)11-16(27-18)26-17-13(19(21,22)23)9-6-10-14(17)20/h3-11H,2H2,1H3,(H2,24,25,26,27). The highest BCUT2D eigenvalue weighted by atomic mass is 35.5. The smallest absolute Gasteiger partial charge is 0.354 e. The van der Waals surface area contributed by atoms with Crippen LogP contribution in [0.25, 0.3) is 11.3 Å². The molecule has 0 amide bonds. The predicted molar refractivity (Wildman–Crippen MR) is 101 cm³/mol. The van der Waals surface area contributed by atoms with Crippen molar-refractivity contribution in [2.24, 2.45) is 0 Å². The zero-order valence-corrected chi connectivity index (χ0v) is 15.1. The van der Waals surface area contributed by atoms with Crippen molar-refractivity contribution in [2.75, 3.05) is 17.2 Å². The zero-order chi connectivity index (χ0) is 19.4. The van der Waals surface area contributed by atoms with E-state index in [2.05, 4.69) is 20.6 Å². The Kier molecular flexibility index (Phi) is 5.51. The van der Waals surface area contributed by atoms with E-state index < -0.39 is 11.7 Å². The summed E-state index contributed by atoms with van der Waals surface area (Å²) in [5.41, 5.74) is 0.286. The molecule has 0 saturated carbocycles. The van der Waals surface area contributed by atoms with Crippen LogP contribution in [0.1, 0.15) is 12.5 Å². The quantitative estimate of drug-likeness (QED) is 0.559. The zero-order valence-electron chi connectivity index (χ0n) is 14.3. The van der Waals surface area contributed by atoms with Crippen molar-refractivity contribution in [3.8, 4) is 11.3 Å². The van der Waals surface area contributed by atoms with E-state index in [1.165, 1.54) is 12.1 Å². The molecule has 0 bridgehead atoms. The molecule has 0 unspecified atom stereocenters. The Bertz CT molecular complexity index is 930. The molecule has 0 atom stereocenters. The van der Waals surface area contributed by atoms with Crippen LogP contribution in [0.3, 0.4) is 0 Å². The van der Waals surface area contributed by atoms with Gasteiger partial charge in [-0.1, -0.05) is 48.0 Å². The summed E-state index contributed by atoms with van der Waals surface area (Å²) in [6.45, 7) is 2.44. The second-order valence-corrected chi connectivity index (χ2v) is 6.05. The Morgan fingerprint density at radius 1 is 1.00 bits per heavy atom. The summed E-state index contributed by atoms with van der Waals surface area (Å²) in [7, 11) is 0. The first-order valence-electron chi connectivity index (χ1n) is 8.19. The van der Waals surface area contributed by atoms with Crippen LogP contribution in [0.15, 0.2) is 54.6 Å². The maximum Gasteiger partial charge on any atom is 0.418 e. The summed E-state index contributed by atoms with van der Waals surface area (Å²) in [6, 6.07) is 14.5. The summed E-state index contributed by atoms with van der Waals surface area (Å²) in [4.78, 5) is 8.66. The summed E-state index contributed by atoms with van der Waals surface area (Å²) >= 11 is 6.02. The van der Waals surface area contributed by atoms with E-state index in [0.717, 1.165) is 11.6 Å². The van der Waals surface area contributed by atoms with Gasteiger partial charge in [0.1, 0.15) is 5.82 Å². The van der Waals surface area contributed by atoms with Crippen molar-refractivity contribution in [1.82, 2.24) is 9.97 Å². The molecule has 0 aliphatic carbocycles. The first-order valence-corrected chi connectivity index (χ1v) is 8.57. The fraction of sp³-hybridized carbons (Fsp3) is 0.158. The molecule has 27 heavy (non-hydrogen) atoms. The van der Waals surface area contributed by atoms with Crippen LogP contribution >= 0.6 is 11.6 Å². The normalized spacial score (nSPS) is 11.3. The number of aromatic nitrogens is 2. The summed E-state index contributed by atoms with van der Waals surface area (Å²) in [5, 5.41) is 5.65. The maximum absolute atomic E-state index is 13.3. The molecule has 3 rings (SSSR count). The predicted octanol–water partition coefficient (Wildman–Crippen LogP) is 5.99.